The first-order chi connectivity index (χ1) is 9.31. The van der Waals surface area contributed by atoms with Crippen LogP contribution in [0, 0.1) is 21.4 Å². The highest BCUT2D eigenvalue weighted by Crippen LogP contribution is 2.27. The van der Waals surface area contributed by atoms with Crippen LogP contribution in [0.1, 0.15) is 19.8 Å². The molecule has 0 saturated carbocycles. The number of benzene rings is 1. The van der Waals surface area contributed by atoms with Gasteiger partial charge in [0.15, 0.2) is 0 Å². The first kappa shape index (κ1) is 16.4. The normalized spacial score (nSPS) is 12.7. The summed E-state index contributed by atoms with van der Waals surface area (Å²) in [6.07, 6.45) is 0.452. The standard InChI is InChI=1S/C11H12ClN3O4S/c1-2-8(5-6-13)14-20(18,19)9-3-4-10(12)11(7-9)15(16)17/h3-4,7-8,14H,2,5H2,1H3. The van der Waals surface area contributed by atoms with Crippen molar-refractivity contribution in [3.63, 3.8) is 0 Å². The molecule has 0 aliphatic carbocycles. The van der Waals surface area contributed by atoms with Gasteiger partial charge >= 0.3 is 0 Å². The van der Waals surface area contributed by atoms with Crippen molar-refractivity contribution in [3.05, 3.63) is 33.3 Å². The van der Waals surface area contributed by atoms with Crippen LogP contribution in [-0.2, 0) is 10.0 Å². The molecule has 0 fully saturated rings. The van der Waals surface area contributed by atoms with Gasteiger partial charge in [0.05, 0.1) is 22.3 Å². The second-order valence-corrected chi connectivity index (χ2v) is 6.08. The summed E-state index contributed by atoms with van der Waals surface area (Å²) in [4.78, 5) is 9.73. The largest absolute Gasteiger partial charge is 0.289 e. The summed E-state index contributed by atoms with van der Waals surface area (Å²) < 4.78 is 26.5. The highest BCUT2D eigenvalue weighted by atomic mass is 35.5. The molecule has 1 N–H and O–H groups in total. The van der Waals surface area contributed by atoms with Crippen molar-refractivity contribution in [2.45, 2.75) is 30.7 Å². The van der Waals surface area contributed by atoms with Crippen molar-refractivity contribution in [2.75, 3.05) is 0 Å². The van der Waals surface area contributed by atoms with E-state index >= 15 is 0 Å². The van der Waals surface area contributed by atoms with E-state index in [1.807, 2.05) is 6.07 Å². The maximum absolute atomic E-state index is 12.1. The Morgan fingerprint density at radius 1 is 1.55 bits per heavy atom. The number of halogens is 1. The third kappa shape index (κ3) is 3.90. The highest BCUT2D eigenvalue weighted by Gasteiger charge is 2.23. The van der Waals surface area contributed by atoms with E-state index in [1.54, 1.807) is 6.92 Å². The Labute approximate surface area is 121 Å². The third-order valence-corrected chi connectivity index (χ3v) is 4.41. The van der Waals surface area contributed by atoms with Crippen LogP contribution in [-0.4, -0.2) is 19.4 Å². The lowest BCUT2D eigenvalue weighted by Crippen LogP contribution is -2.34. The molecule has 7 nitrogen and oxygen atoms in total. The van der Waals surface area contributed by atoms with Gasteiger partial charge in [-0.2, -0.15) is 5.26 Å². The number of hydrogen-bond donors (Lipinski definition) is 1. The maximum Gasteiger partial charge on any atom is 0.289 e. The second kappa shape index (κ2) is 6.65. The van der Waals surface area contributed by atoms with Gasteiger partial charge in [0.1, 0.15) is 5.02 Å². The maximum atomic E-state index is 12.1. The summed E-state index contributed by atoms with van der Waals surface area (Å²) in [7, 11) is -3.93. The van der Waals surface area contributed by atoms with Crippen LogP contribution in [0.5, 0.6) is 0 Å². The zero-order valence-corrected chi connectivity index (χ0v) is 12.1. The van der Waals surface area contributed by atoms with E-state index in [2.05, 4.69) is 4.72 Å². The third-order valence-electron chi connectivity index (χ3n) is 2.58. The zero-order valence-electron chi connectivity index (χ0n) is 10.5. The van der Waals surface area contributed by atoms with Crippen molar-refractivity contribution in [1.82, 2.24) is 4.72 Å². The van der Waals surface area contributed by atoms with E-state index in [-0.39, 0.29) is 16.3 Å². The van der Waals surface area contributed by atoms with Gasteiger partial charge in [-0.1, -0.05) is 18.5 Å². The van der Waals surface area contributed by atoms with Gasteiger partial charge in [-0.3, -0.25) is 10.1 Å². The van der Waals surface area contributed by atoms with Crippen molar-refractivity contribution >= 4 is 27.3 Å². The van der Waals surface area contributed by atoms with Crippen molar-refractivity contribution in [2.24, 2.45) is 0 Å². The minimum absolute atomic E-state index is 0.0193. The van der Waals surface area contributed by atoms with Gasteiger partial charge in [0.2, 0.25) is 10.0 Å². The molecule has 108 valence electrons. The first-order valence-electron chi connectivity index (χ1n) is 5.65. The molecule has 1 atom stereocenters. The van der Waals surface area contributed by atoms with Gasteiger partial charge in [-0.25, -0.2) is 13.1 Å². The number of nitrogens with one attached hydrogen (secondary N) is 1. The number of nitrogens with zero attached hydrogens (tertiary/aromatic N) is 2. The first-order valence-corrected chi connectivity index (χ1v) is 7.51. The molecule has 0 bridgehead atoms. The molecule has 1 aromatic carbocycles. The van der Waals surface area contributed by atoms with Crippen LogP contribution >= 0.6 is 11.6 Å². The number of sulfonamides is 1. The molecule has 1 rings (SSSR count). The van der Waals surface area contributed by atoms with Gasteiger partial charge < -0.3 is 0 Å². The van der Waals surface area contributed by atoms with E-state index < -0.39 is 26.7 Å². The molecule has 1 unspecified atom stereocenters. The molecule has 9 heteroatoms. The molecule has 0 spiro atoms. The van der Waals surface area contributed by atoms with Gasteiger partial charge in [0, 0.05) is 12.1 Å². The molecule has 0 heterocycles. The van der Waals surface area contributed by atoms with Gasteiger partial charge in [-0.05, 0) is 18.6 Å². The molecule has 1 aromatic rings. The monoisotopic (exact) mass is 317 g/mol. The Morgan fingerprint density at radius 3 is 2.70 bits per heavy atom. The fraction of sp³-hybridized carbons (Fsp3) is 0.364. The Balaban J connectivity index is 3.13. The average molecular weight is 318 g/mol. The molecule has 0 aliphatic heterocycles. The molecule has 0 aliphatic rings. The number of nitro benzene ring substituents is 1. The molecule has 0 radical (unpaired) electrons. The minimum atomic E-state index is -3.93. The number of nitro groups is 1. The molecule has 0 saturated heterocycles. The van der Waals surface area contributed by atoms with Gasteiger partial charge in [-0.15, -0.1) is 0 Å². The molecule has 20 heavy (non-hydrogen) atoms. The quantitative estimate of drug-likeness (QED) is 0.638. The lowest BCUT2D eigenvalue weighted by atomic mass is 10.2. The topological polar surface area (TPSA) is 113 Å². The minimum Gasteiger partial charge on any atom is -0.258 e. The summed E-state index contributed by atoms with van der Waals surface area (Å²) >= 11 is 5.62. The number of hydrogen-bond acceptors (Lipinski definition) is 5. The van der Waals surface area contributed by atoms with E-state index in [0.717, 1.165) is 12.1 Å². The summed E-state index contributed by atoms with van der Waals surface area (Å²) in [5.41, 5.74) is -0.483. The van der Waals surface area contributed by atoms with Crippen molar-refractivity contribution < 1.29 is 13.3 Å². The van der Waals surface area contributed by atoms with Crippen LogP contribution in [0.4, 0.5) is 5.69 Å². The average Bonchev–Trinajstić information content (AvgIpc) is 2.37. The van der Waals surface area contributed by atoms with Gasteiger partial charge in [0.25, 0.3) is 5.69 Å². The Kier molecular flexibility index (Phi) is 5.44. The zero-order chi connectivity index (χ0) is 15.3. The summed E-state index contributed by atoms with van der Waals surface area (Å²) in [5.74, 6) is 0. The summed E-state index contributed by atoms with van der Waals surface area (Å²) in [6.45, 7) is 1.73. The summed E-state index contributed by atoms with van der Waals surface area (Å²) in [6, 6.07) is 4.56. The SMILES string of the molecule is CCC(CC#N)NS(=O)(=O)c1ccc(Cl)c([N+](=O)[O-])c1. The summed E-state index contributed by atoms with van der Waals surface area (Å²) in [5, 5.41) is 19.2. The fourth-order valence-corrected chi connectivity index (χ4v) is 2.99. The van der Waals surface area contributed by atoms with Crippen LogP contribution in [0.3, 0.4) is 0 Å². The lowest BCUT2D eigenvalue weighted by Gasteiger charge is -2.13. The fourth-order valence-electron chi connectivity index (χ4n) is 1.47. The highest BCUT2D eigenvalue weighted by molar-refractivity contribution is 7.89. The van der Waals surface area contributed by atoms with Crippen LogP contribution in [0.25, 0.3) is 0 Å². The number of rotatable bonds is 6. The van der Waals surface area contributed by atoms with Crippen molar-refractivity contribution in [1.29, 1.82) is 5.26 Å². The predicted octanol–water partition coefficient (Wildman–Crippen LogP) is 2.22. The smallest absolute Gasteiger partial charge is 0.258 e. The lowest BCUT2D eigenvalue weighted by molar-refractivity contribution is -0.384. The van der Waals surface area contributed by atoms with E-state index in [0.29, 0.717) is 6.42 Å². The van der Waals surface area contributed by atoms with Crippen LogP contribution in [0.15, 0.2) is 23.1 Å². The molecule has 0 amide bonds. The van der Waals surface area contributed by atoms with E-state index in [9.17, 15) is 18.5 Å². The van der Waals surface area contributed by atoms with Crippen LogP contribution < -0.4 is 4.72 Å². The Hall–Kier alpha value is -1.69. The Bertz CT molecular complexity index is 654. The second-order valence-electron chi connectivity index (χ2n) is 3.96. The molecular formula is C11H12ClN3O4S. The molecule has 0 aromatic heterocycles. The Morgan fingerprint density at radius 2 is 2.20 bits per heavy atom. The van der Waals surface area contributed by atoms with E-state index in [1.165, 1.54) is 6.07 Å². The predicted molar refractivity (Wildman–Crippen MR) is 72.7 cm³/mol. The van der Waals surface area contributed by atoms with Crippen molar-refractivity contribution in [3.8, 4) is 6.07 Å². The number of nitriles is 1. The van der Waals surface area contributed by atoms with E-state index in [4.69, 9.17) is 16.9 Å². The molecular weight excluding hydrogens is 306 g/mol. The van der Waals surface area contributed by atoms with Crippen LogP contribution in [0.2, 0.25) is 5.02 Å².